The summed E-state index contributed by atoms with van der Waals surface area (Å²) >= 11 is 1.22. The van der Waals surface area contributed by atoms with Crippen LogP contribution in [0.15, 0.2) is 88.8 Å². The zero-order chi connectivity index (χ0) is 24.4. The van der Waals surface area contributed by atoms with E-state index in [2.05, 4.69) is 16.3 Å². The quantitative estimate of drug-likeness (QED) is 0.269. The third kappa shape index (κ3) is 4.05. The molecule has 0 radical (unpaired) electrons. The number of para-hydroxylation sites is 3. The summed E-state index contributed by atoms with van der Waals surface area (Å²) in [6, 6.07) is 26.0. The number of carbonyl (C=O) groups excluding carboxylic acids is 1. The van der Waals surface area contributed by atoms with Crippen molar-refractivity contribution in [1.82, 2.24) is 19.2 Å². The van der Waals surface area contributed by atoms with Crippen molar-refractivity contribution < 1.29 is 4.79 Å². The van der Waals surface area contributed by atoms with Crippen molar-refractivity contribution >= 4 is 40.0 Å². The Balaban J connectivity index is 1.59. The lowest BCUT2D eigenvalue weighted by atomic mass is 10.2. The van der Waals surface area contributed by atoms with Crippen LogP contribution in [0, 0.1) is 18.3 Å². The largest absolute Gasteiger partial charge is 0.298 e. The number of benzene rings is 3. The first-order valence-corrected chi connectivity index (χ1v) is 11.9. The van der Waals surface area contributed by atoms with Crippen molar-refractivity contribution in [3.8, 4) is 11.8 Å². The first-order chi connectivity index (χ1) is 17.1. The molecule has 5 aromatic rings. The highest BCUT2D eigenvalue weighted by molar-refractivity contribution is 7.99. The summed E-state index contributed by atoms with van der Waals surface area (Å²) in [4.78, 5) is 28.0. The summed E-state index contributed by atoms with van der Waals surface area (Å²) in [6.45, 7) is 1.88. The molecule has 2 aromatic heterocycles. The molecule has 0 aliphatic heterocycles. The fraction of sp³-hybridized carbons (Fsp3) is 0.115. The van der Waals surface area contributed by atoms with Gasteiger partial charge in [0, 0.05) is 5.69 Å². The number of aromatic nitrogens is 4. The second kappa shape index (κ2) is 9.44. The highest BCUT2D eigenvalue weighted by atomic mass is 32.2. The van der Waals surface area contributed by atoms with Crippen LogP contribution in [0.1, 0.15) is 5.56 Å². The zero-order valence-corrected chi connectivity index (χ0v) is 19.6. The van der Waals surface area contributed by atoms with Crippen molar-refractivity contribution in [3.05, 3.63) is 94.8 Å². The number of amides is 1. The van der Waals surface area contributed by atoms with Crippen molar-refractivity contribution in [3.63, 3.8) is 0 Å². The van der Waals surface area contributed by atoms with Gasteiger partial charge in [0.1, 0.15) is 6.54 Å². The molecule has 5 rings (SSSR count). The van der Waals surface area contributed by atoms with Gasteiger partial charge in [-0.05, 0) is 42.8 Å². The van der Waals surface area contributed by atoms with Gasteiger partial charge in [-0.2, -0.15) is 5.26 Å². The first kappa shape index (κ1) is 22.4. The minimum atomic E-state index is -0.226. The average Bonchev–Trinajstić information content (AvgIpc) is 3.31. The average molecular weight is 481 g/mol. The number of carbonyl (C=O) groups is 1. The van der Waals surface area contributed by atoms with E-state index in [-0.39, 0.29) is 23.8 Å². The summed E-state index contributed by atoms with van der Waals surface area (Å²) in [5.74, 6) is 0.195. The minimum absolute atomic E-state index is 0.0508. The number of aryl methyl sites for hydroxylation is 1. The highest BCUT2D eigenvalue weighted by Crippen LogP contribution is 2.25. The van der Waals surface area contributed by atoms with E-state index < -0.39 is 0 Å². The van der Waals surface area contributed by atoms with Gasteiger partial charge in [-0.25, -0.2) is 4.57 Å². The van der Waals surface area contributed by atoms with Crippen LogP contribution in [-0.2, 0) is 4.79 Å². The molecule has 3 aromatic carbocycles. The summed E-state index contributed by atoms with van der Waals surface area (Å²) in [5.41, 5.74) is 2.78. The molecule has 0 aliphatic carbocycles. The molecule has 0 unspecified atom stereocenters. The Morgan fingerprint density at radius 2 is 1.71 bits per heavy atom. The molecule has 0 saturated heterocycles. The lowest BCUT2D eigenvalue weighted by Gasteiger charge is -2.19. The summed E-state index contributed by atoms with van der Waals surface area (Å²) < 4.78 is 3.36. The van der Waals surface area contributed by atoms with Gasteiger partial charge in [0.25, 0.3) is 5.56 Å². The maximum atomic E-state index is 13.5. The van der Waals surface area contributed by atoms with Crippen LogP contribution in [0.3, 0.4) is 0 Å². The molecule has 0 atom stereocenters. The van der Waals surface area contributed by atoms with Crippen molar-refractivity contribution in [2.45, 2.75) is 12.1 Å². The smallest absolute Gasteiger partial charge is 0.267 e. The molecular weight excluding hydrogens is 460 g/mol. The van der Waals surface area contributed by atoms with Crippen LogP contribution in [0.2, 0.25) is 0 Å². The molecule has 0 fully saturated rings. The number of nitrogens with zero attached hydrogens (tertiary/aromatic N) is 6. The van der Waals surface area contributed by atoms with Crippen LogP contribution < -0.4 is 10.5 Å². The van der Waals surface area contributed by atoms with E-state index in [4.69, 9.17) is 0 Å². The molecule has 0 saturated carbocycles. The molecule has 8 nitrogen and oxygen atoms in total. The zero-order valence-electron chi connectivity index (χ0n) is 18.8. The van der Waals surface area contributed by atoms with Crippen LogP contribution in [0.4, 0.5) is 5.69 Å². The number of hydrogen-bond acceptors (Lipinski definition) is 6. The number of nitriles is 1. The molecular formula is C26H20N6O2S. The van der Waals surface area contributed by atoms with Crippen molar-refractivity contribution in [1.29, 1.82) is 5.26 Å². The second-order valence-corrected chi connectivity index (χ2v) is 8.77. The molecule has 2 heterocycles. The standard InChI is InChI=1S/C26H20N6O2S/c1-18-9-5-7-13-21(18)31-24(34)20-12-6-8-14-22(20)32-25(31)28-29-26(32)35-17-23(33)30(16-15-27)19-10-3-2-4-11-19/h2-14H,16-17H2,1H3. The Bertz CT molecular complexity index is 1650. The minimum Gasteiger partial charge on any atom is -0.298 e. The molecule has 0 aliphatic rings. The van der Waals surface area contributed by atoms with Crippen LogP contribution in [-0.4, -0.2) is 37.4 Å². The maximum Gasteiger partial charge on any atom is 0.267 e. The predicted octanol–water partition coefficient (Wildman–Crippen LogP) is 3.99. The fourth-order valence-corrected chi connectivity index (χ4v) is 4.83. The van der Waals surface area contributed by atoms with Gasteiger partial charge in [0.05, 0.1) is 28.4 Å². The normalized spacial score (nSPS) is 11.0. The Morgan fingerprint density at radius 1 is 1.00 bits per heavy atom. The van der Waals surface area contributed by atoms with E-state index in [1.807, 2.05) is 67.6 Å². The van der Waals surface area contributed by atoms with Gasteiger partial charge in [-0.15, -0.1) is 10.2 Å². The van der Waals surface area contributed by atoms with E-state index in [0.717, 1.165) is 11.3 Å². The predicted molar refractivity (Wildman–Crippen MR) is 136 cm³/mol. The SMILES string of the molecule is Cc1ccccc1-n1c(=O)c2ccccc2n2c(SCC(=O)N(CC#N)c3ccccc3)nnc12. The molecule has 35 heavy (non-hydrogen) atoms. The third-order valence-corrected chi connectivity index (χ3v) is 6.59. The topological polar surface area (TPSA) is 96.3 Å². The Kier molecular flexibility index (Phi) is 6.04. The molecule has 0 bridgehead atoms. The van der Waals surface area contributed by atoms with E-state index in [1.54, 1.807) is 27.2 Å². The molecule has 9 heteroatoms. The van der Waals surface area contributed by atoms with Gasteiger partial charge in [0.15, 0.2) is 5.16 Å². The van der Waals surface area contributed by atoms with Gasteiger partial charge < -0.3 is 0 Å². The first-order valence-electron chi connectivity index (χ1n) is 10.9. The Labute approximate surface area is 205 Å². The Morgan fingerprint density at radius 3 is 2.49 bits per heavy atom. The number of thioether (sulfide) groups is 1. The van der Waals surface area contributed by atoms with Crippen LogP contribution in [0.25, 0.3) is 22.4 Å². The molecule has 172 valence electrons. The number of fused-ring (bicyclic) bond motifs is 3. The van der Waals surface area contributed by atoms with Crippen molar-refractivity contribution in [2.75, 3.05) is 17.2 Å². The Hall–Kier alpha value is -4.42. The maximum absolute atomic E-state index is 13.5. The van der Waals surface area contributed by atoms with E-state index in [0.29, 0.717) is 27.5 Å². The fourth-order valence-electron chi connectivity index (χ4n) is 4.01. The van der Waals surface area contributed by atoms with Gasteiger partial charge in [-0.1, -0.05) is 60.3 Å². The number of hydrogen-bond donors (Lipinski definition) is 0. The third-order valence-electron chi connectivity index (χ3n) is 5.67. The molecule has 0 N–H and O–H groups in total. The number of rotatable bonds is 6. The summed E-state index contributed by atoms with van der Waals surface area (Å²) in [6.07, 6.45) is 0. The summed E-state index contributed by atoms with van der Waals surface area (Å²) in [5, 5.41) is 18.9. The monoisotopic (exact) mass is 480 g/mol. The van der Waals surface area contributed by atoms with Gasteiger partial charge >= 0.3 is 0 Å². The van der Waals surface area contributed by atoms with Crippen LogP contribution >= 0.6 is 11.8 Å². The second-order valence-electron chi connectivity index (χ2n) is 7.82. The highest BCUT2D eigenvalue weighted by Gasteiger charge is 2.21. The molecule has 1 amide bonds. The van der Waals surface area contributed by atoms with E-state index in [9.17, 15) is 14.9 Å². The molecule has 0 spiro atoms. The lowest BCUT2D eigenvalue weighted by Crippen LogP contribution is -2.32. The van der Waals surface area contributed by atoms with Crippen LogP contribution in [0.5, 0.6) is 0 Å². The van der Waals surface area contributed by atoms with Gasteiger partial charge in [-0.3, -0.25) is 18.9 Å². The van der Waals surface area contributed by atoms with Crippen molar-refractivity contribution in [2.24, 2.45) is 0 Å². The van der Waals surface area contributed by atoms with Gasteiger partial charge in [0.2, 0.25) is 11.7 Å². The lowest BCUT2D eigenvalue weighted by molar-refractivity contribution is -0.116. The number of anilines is 1. The van der Waals surface area contributed by atoms with E-state index >= 15 is 0 Å². The van der Waals surface area contributed by atoms with E-state index in [1.165, 1.54) is 16.7 Å². The summed E-state index contributed by atoms with van der Waals surface area (Å²) in [7, 11) is 0.